The van der Waals surface area contributed by atoms with Gasteiger partial charge in [0.2, 0.25) is 5.95 Å². The molecule has 3 heterocycles. The van der Waals surface area contributed by atoms with Crippen molar-refractivity contribution in [2.75, 3.05) is 12.4 Å². The molecular weight excluding hydrogens is 369 g/mol. The summed E-state index contributed by atoms with van der Waals surface area (Å²) in [5.74, 6) is 4.50. The number of alkyl halides is 2. The Labute approximate surface area is 151 Å². The fourth-order valence-electron chi connectivity index (χ4n) is 2.97. The first-order valence-corrected chi connectivity index (χ1v) is 7.98. The number of anilines is 1. The molecule has 4 N–H and O–H groups in total. The number of nitrogens with zero attached hydrogens (tertiary/aromatic N) is 3. The van der Waals surface area contributed by atoms with Crippen molar-refractivity contribution >= 4 is 28.6 Å². The van der Waals surface area contributed by atoms with E-state index in [0.29, 0.717) is 0 Å². The zero-order valence-electron chi connectivity index (χ0n) is 13.5. The molecule has 0 aromatic carbocycles. The molecule has 2 aromatic rings. The number of nitrogens with two attached hydrogens (primary N) is 1. The van der Waals surface area contributed by atoms with Crippen molar-refractivity contribution in [1.29, 1.82) is 0 Å². The van der Waals surface area contributed by atoms with E-state index in [1.54, 1.807) is 0 Å². The quantitative estimate of drug-likeness (QED) is 0.405. The number of aromatic nitrogens is 3. The molecule has 5 atom stereocenters. The number of nitroso groups, excluding NO2 is 1. The van der Waals surface area contributed by atoms with E-state index < -0.39 is 41.6 Å². The molecule has 0 bridgehead atoms. The van der Waals surface area contributed by atoms with Crippen LogP contribution in [0.5, 0.6) is 0 Å². The Morgan fingerprint density at radius 1 is 1.69 bits per heavy atom. The average Bonchev–Trinajstić information content (AvgIpc) is 3.13. The van der Waals surface area contributed by atoms with Crippen molar-refractivity contribution in [1.82, 2.24) is 14.5 Å². The summed E-state index contributed by atoms with van der Waals surface area (Å²) < 4.78 is 19.7. The minimum atomic E-state index is -1.79. The molecule has 1 saturated heterocycles. The van der Waals surface area contributed by atoms with Crippen LogP contribution in [0.2, 0.25) is 0 Å². The number of hydrogen-bond acceptors (Lipinski definition) is 7. The summed E-state index contributed by atoms with van der Waals surface area (Å²) in [4.78, 5) is 27.5. The maximum atomic E-state index is 12.6. The second kappa shape index (κ2) is 6.68. The summed E-state index contributed by atoms with van der Waals surface area (Å²) in [5, 5.41) is 13.6. The zero-order chi connectivity index (χ0) is 19.1. The first-order valence-electron chi connectivity index (χ1n) is 7.60. The molecule has 26 heavy (non-hydrogen) atoms. The lowest BCUT2D eigenvalue weighted by atomic mass is 9.96. The minimum Gasteiger partial charge on any atom is -0.387 e. The van der Waals surface area contributed by atoms with E-state index in [0.717, 1.165) is 0 Å². The van der Waals surface area contributed by atoms with Gasteiger partial charge in [0.1, 0.15) is 24.9 Å². The number of aliphatic hydroxyl groups is 1. The highest BCUT2D eigenvalue weighted by molar-refractivity contribution is 6.27. The third kappa shape index (κ3) is 2.74. The molecule has 1 aliphatic heterocycles. The Hall–Kier alpha value is -2.48. The molecule has 11 heteroatoms. The van der Waals surface area contributed by atoms with Gasteiger partial charge in [-0.2, -0.15) is 9.89 Å². The molecular formula is C15H15ClFN5O4. The van der Waals surface area contributed by atoms with Crippen molar-refractivity contribution in [2.45, 2.75) is 36.3 Å². The largest absolute Gasteiger partial charge is 0.387 e. The second-order valence-corrected chi connectivity index (χ2v) is 6.48. The first-order chi connectivity index (χ1) is 12.3. The van der Waals surface area contributed by atoms with Crippen LogP contribution >= 0.6 is 11.6 Å². The molecule has 0 amide bonds. The van der Waals surface area contributed by atoms with Crippen LogP contribution in [0.1, 0.15) is 13.2 Å². The SMILES string of the molecule is C[C@H](N=O)[C@H]1O[C@@H](n2ccc3c(=O)[nH]c(N)nc32)[C@@](Cl)(C#CCF)C1O. The lowest BCUT2D eigenvalue weighted by molar-refractivity contribution is -0.0271. The summed E-state index contributed by atoms with van der Waals surface area (Å²) in [7, 11) is 0. The Balaban J connectivity index is 2.18. The highest BCUT2D eigenvalue weighted by atomic mass is 35.5. The third-order valence-corrected chi connectivity index (χ3v) is 4.73. The maximum Gasteiger partial charge on any atom is 0.261 e. The monoisotopic (exact) mass is 383 g/mol. The molecule has 138 valence electrons. The van der Waals surface area contributed by atoms with Gasteiger partial charge in [-0.25, -0.2) is 4.39 Å². The predicted octanol–water partition coefficient (Wildman–Crippen LogP) is 0.671. The number of rotatable bonds is 3. The fourth-order valence-corrected chi connectivity index (χ4v) is 3.31. The van der Waals surface area contributed by atoms with Crippen molar-refractivity contribution in [3.63, 3.8) is 0 Å². The molecule has 0 radical (unpaired) electrons. The molecule has 3 rings (SSSR count). The highest BCUT2D eigenvalue weighted by Crippen LogP contribution is 2.45. The van der Waals surface area contributed by atoms with Crippen LogP contribution in [0.4, 0.5) is 10.3 Å². The van der Waals surface area contributed by atoms with E-state index in [4.69, 9.17) is 22.1 Å². The van der Waals surface area contributed by atoms with Crippen molar-refractivity contribution < 1.29 is 14.2 Å². The van der Waals surface area contributed by atoms with Crippen LogP contribution in [0, 0.1) is 16.7 Å². The molecule has 1 fully saturated rings. The molecule has 0 saturated carbocycles. The summed E-state index contributed by atoms with van der Waals surface area (Å²) >= 11 is 6.51. The van der Waals surface area contributed by atoms with E-state index in [-0.39, 0.29) is 17.0 Å². The summed E-state index contributed by atoms with van der Waals surface area (Å²) in [6, 6.07) is 0.522. The van der Waals surface area contributed by atoms with E-state index >= 15 is 0 Å². The van der Waals surface area contributed by atoms with Crippen LogP contribution in [0.3, 0.4) is 0 Å². The normalized spacial score (nSPS) is 29.3. The van der Waals surface area contributed by atoms with Gasteiger partial charge in [0.25, 0.3) is 5.56 Å². The van der Waals surface area contributed by atoms with Crippen LogP contribution in [-0.2, 0) is 4.74 Å². The average molecular weight is 384 g/mol. The van der Waals surface area contributed by atoms with Gasteiger partial charge in [-0.05, 0) is 13.0 Å². The minimum absolute atomic E-state index is 0.129. The van der Waals surface area contributed by atoms with Crippen LogP contribution in [0.25, 0.3) is 11.0 Å². The summed E-state index contributed by atoms with van der Waals surface area (Å²) in [6.07, 6.45) is -2.24. The molecule has 0 aliphatic carbocycles. The number of fused-ring (bicyclic) bond motifs is 1. The van der Waals surface area contributed by atoms with E-state index in [1.807, 2.05) is 0 Å². The lowest BCUT2D eigenvalue weighted by Crippen LogP contribution is -2.42. The van der Waals surface area contributed by atoms with Gasteiger partial charge in [0.05, 0.1) is 5.39 Å². The van der Waals surface area contributed by atoms with Gasteiger partial charge in [-0.3, -0.25) is 9.78 Å². The van der Waals surface area contributed by atoms with Gasteiger partial charge in [-0.15, -0.1) is 0 Å². The van der Waals surface area contributed by atoms with Gasteiger partial charge in [-0.1, -0.05) is 28.6 Å². The number of halogens is 2. The standard InChI is InChI=1S/C15H15ClFN5O4/c1-7(21-25)9-10(23)15(16,4-2-5-17)13(26-9)22-6-3-8-11(22)19-14(18)20-12(8)24/h3,6-7,9-10,13,23H,5H2,1H3,(H3,18,19,20,24)/t7-,9+,10?,13+,15+/m0/s1. The molecule has 9 nitrogen and oxygen atoms in total. The Bertz CT molecular complexity index is 966. The van der Waals surface area contributed by atoms with Crippen molar-refractivity contribution in [3.05, 3.63) is 27.5 Å². The van der Waals surface area contributed by atoms with Gasteiger partial charge >= 0.3 is 0 Å². The van der Waals surface area contributed by atoms with E-state index in [1.165, 1.54) is 23.8 Å². The van der Waals surface area contributed by atoms with Crippen LogP contribution < -0.4 is 11.3 Å². The Morgan fingerprint density at radius 2 is 2.42 bits per heavy atom. The molecule has 0 spiro atoms. The summed E-state index contributed by atoms with van der Waals surface area (Å²) in [6.45, 7) is 0.454. The van der Waals surface area contributed by atoms with Gasteiger partial charge in [0.15, 0.2) is 16.7 Å². The molecule has 1 aliphatic rings. The van der Waals surface area contributed by atoms with Crippen molar-refractivity contribution in [3.8, 4) is 11.8 Å². The van der Waals surface area contributed by atoms with Gasteiger partial charge < -0.3 is 20.1 Å². The number of hydrogen-bond donors (Lipinski definition) is 3. The fraction of sp³-hybridized carbons (Fsp3) is 0.467. The third-order valence-electron chi connectivity index (χ3n) is 4.23. The number of aliphatic hydroxyl groups excluding tert-OH is 1. The number of nitrogen functional groups attached to an aromatic ring is 1. The lowest BCUT2D eigenvalue weighted by Gasteiger charge is -2.26. The number of ether oxygens (including phenoxy) is 1. The van der Waals surface area contributed by atoms with E-state index in [2.05, 4.69) is 27.0 Å². The maximum absolute atomic E-state index is 12.6. The first kappa shape index (κ1) is 18.3. The van der Waals surface area contributed by atoms with Crippen molar-refractivity contribution in [2.24, 2.45) is 5.18 Å². The number of H-pyrrole nitrogens is 1. The second-order valence-electron chi connectivity index (χ2n) is 5.86. The smallest absolute Gasteiger partial charge is 0.261 e. The highest BCUT2D eigenvalue weighted by Gasteiger charge is 2.57. The molecule has 1 unspecified atom stereocenters. The number of nitrogens with one attached hydrogen (secondary N) is 1. The topological polar surface area (TPSA) is 136 Å². The van der Waals surface area contributed by atoms with Crippen LogP contribution in [0.15, 0.2) is 22.2 Å². The van der Waals surface area contributed by atoms with Crippen LogP contribution in [-0.4, -0.2) is 49.4 Å². The number of aromatic amines is 1. The zero-order valence-corrected chi connectivity index (χ0v) is 14.3. The molecule has 2 aromatic heterocycles. The predicted molar refractivity (Wildman–Crippen MR) is 92.3 cm³/mol. The Kier molecular flexibility index (Phi) is 4.70. The van der Waals surface area contributed by atoms with E-state index in [9.17, 15) is 19.2 Å². The Morgan fingerprint density at radius 3 is 3.08 bits per heavy atom. The van der Waals surface area contributed by atoms with Gasteiger partial charge in [0, 0.05) is 6.20 Å². The summed E-state index contributed by atoms with van der Waals surface area (Å²) in [5.41, 5.74) is 5.26.